The van der Waals surface area contributed by atoms with E-state index in [9.17, 15) is 4.79 Å². The summed E-state index contributed by atoms with van der Waals surface area (Å²) in [6, 6.07) is 8.05. The van der Waals surface area contributed by atoms with Gasteiger partial charge in [0.05, 0.1) is 17.8 Å². The third-order valence-electron chi connectivity index (χ3n) is 2.38. The molecular weight excluding hydrogens is 280 g/mol. The molecule has 0 spiro atoms. The molecule has 0 atom stereocenters. The molecule has 1 aromatic rings. The Balaban J connectivity index is 3.03. The highest BCUT2D eigenvalue weighted by atomic mass is 79.9. The largest absolute Gasteiger partial charge is 0.311 e. The van der Waals surface area contributed by atoms with Crippen LogP contribution < -0.4 is 4.90 Å². The fraction of sp³-hybridized carbons (Fsp3) is 0.385. The number of aryl methyl sites for hydroxylation is 2. The Labute approximate surface area is 110 Å². The van der Waals surface area contributed by atoms with Crippen LogP contribution in [0.5, 0.6) is 0 Å². The number of carbonyl (C=O) groups excluding carboxylic acids is 1. The highest BCUT2D eigenvalue weighted by Gasteiger charge is 2.14. The van der Waals surface area contributed by atoms with Crippen molar-refractivity contribution in [2.75, 3.05) is 16.8 Å². The van der Waals surface area contributed by atoms with Gasteiger partial charge in [0.2, 0.25) is 5.91 Å². The molecule has 0 heterocycles. The second-order valence-electron chi connectivity index (χ2n) is 3.93. The van der Waals surface area contributed by atoms with Crippen LogP contribution in [0.3, 0.4) is 0 Å². The van der Waals surface area contributed by atoms with Crippen LogP contribution in [0.4, 0.5) is 5.69 Å². The number of alkyl halides is 1. The Hall–Kier alpha value is -1.34. The highest BCUT2D eigenvalue weighted by molar-refractivity contribution is 9.09. The Morgan fingerprint density at radius 1 is 1.35 bits per heavy atom. The fourth-order valence-corrected chi connectivity index (χ4v) is 2.04. The molecule has 0 bridgehead atoms. The van der Waals surface area contributed by atoms with Crippen LogP contribution in [0.25, 0.3) is 0 Å². The number of nitrogens with zero attached hydrogens (tertiary/aromatic N) is 2. The van der Waals surface area contributed by atoms with E-state index in [0.717, 1.165) is 16.8 Å². The summed E-state index contributed by atoms with van der Waals surface area (Å²) in [5.74, 6) is -0.0229. The van der Waals surface area contributed by atoms with Gasteiger partial charge in [-0.2, -0.15) is 5.26 Å². The number of nitriles is 1. The number of hydrogen-bond acceptors (Lipinski definition) is 2. The first kappa shape index (κ1) is 13.7. The summed E-state index contributed by atoms with van der Waals surface area (Å²) in [4.78, 5) is 13.5. The Kier molecular flexibility index (Phi) is 5.17. The van der Waals surface area contributed by atoms with E-state index < -0.39 is 0 Å². The number of halogens is 1. The monoisotopic (exact) mass is 294 g/mol. The lowest BCUT2D eigenvalue weighted by Gasteiger charge is -2.21. The van der Waals surface area contributed by atoms with Gasteiger partial charge in [-0.15, -0.1) is 0 Å². The number of rotatable bonds is 4. The van der Waals surface area contributed by atoms with Crippen molar-refractivity contribution in [1.29, 1.82) is 5.26 Å². The number of hydrogen-bond donors (Lipinski definition) is 0. The zero-order valence-corrected chi connectivity index (χ0v) is 11.6. The zero-order valence-electron chi connectivity index (χ0n) is 10.0. The molecule has 0 aromatic heterocycles. The fourth-order valence-electron chi connectivity index (χ4n) is 1.74. The van der Waals surface area contributed by atoms with E-state index in [2.05, 4.69) is 28.1 Å². The van der Waals surface area contributed by atoms with E-state index in [1.54, 1.807) is 4.90 Å². The van der Waals surface area contributed by atoms with E-state index in [0.29, 0.717) is 13.0 Å². The standard InChI is InChI=1S/C13H15BrN2O/c1-10-6-11(2)8-12(7-10)16(5-3-4-15)13(17)9-14/h6-8H,3,5,9H2,1-2H3. The van der Waals surface area contributed by atoms with Crippen molar-refractivity contribution >= 4 is 27.5 Å². The van der Waals surface area contributed by atoms with E-state index in [-0.39, 0.29) is 11.2 Å². The van der Waals surface area contributed by atoms with Crippen molar-refractivity contribution in [3.05, 3.63) is 29.3 Å². The molecule has 0 aliphatic carbocycles. The predicted octanol–water partition coefficient (Wildman–Crippen LogP) is 2.95. The molecule has 0 radical (unpaired) electrons. The van der Waals surface area contributed by atoms with Crippen LogP contribution in [0, 0.1) is 25.2 Å². The zero-order chi connectivity index (χ0) is 12.8. The molecule has 0 unspecified atom stereocenters. The van der Waals surface area contributed by atoms with Crippen molar-refractivity contribution < 1.29 is 4.79 Å². The van der Waals surface area contributed by atoms with Gasteiger partial charge in [-0.1, -0.05) is 22.0 Å². The molecule has 3 nitrogen and oxygen atoms in total. The SMILES string of the molecule is Cc1cc(C)cc(N(CCC#N)C(=O)CBr)c1. The van der Waals surface area contributed by atoms with Crippen LogP contribution in [-0.4, -0.2) is 17.8 Å². The van der Waals surface area contributed by atoms with Crippen molar-refractivity contribution in [3.8, 4) is 6.07 Å². The minimum atomic E-state index is -0.0229. The van der Waals surface area contributed by atoms with Crippen LogP contribution in [0.15, 0.2) is 18.2 Å². The van der Waals surface area contributed by atoms with Crippen LogP contribution in [0.2, 0.25) is 0 Å². The first-order chi connectivity index (χ1) is 8.08. The van der Waals surface area contributed by atoms with Gasteiger partial charge >= 0.3 is 0 Å². The summed E-state index contributed by atoms with van der Waals surface area (Å²) in [6.07, 6.45) is 0.339. The van der Waals surface area contributed by atoms with Gasteiger partial charge in [0.15, 0.2) is 0 Å². The lowest BCUT2D eigenvalue weighted by molar-refractivity contribution is -0.116. The summed E-state index contributed by atoms with van der Waals surface area (Å²) in [6.45, 7) is 4.43. The van der Waals surface area contributed by atoms with Crippen LogP contribution >= 0.6 is 15.9 Å². The molecule has 0 saturated heterocycles. The van der Waals surface area contributed by atoms with Gasteiger partial charge in [-0.3, -0.25) is 4.79 Å². The first-order valence-electron chi connectivity index (χ1n) is 5.40. The number of benzene rings is 1. The molecule has 0 aliphatic heterocycles. The smallest absolute Gasteiger partial charge is 0.237 e. The molecule has 1 aromatic carbocycles. The second kappa shape index (κ2) is 6.41. The van der Waals surface area contributed by atoms with Gasteiger partial charge < -0.3 is 4.90 Å². The first-order valence-corrected chi connectivity index (χ1v) is 6.52. The molecule has 90 valence electrons. The quantitative estimate of drug-likeness (QED) is 0.802. The maximum Gasteiger partial charge on any atom is 0.237 e. The molecule has 17 heavy (non-hydrogen) atoms. The van der Waals surface area contributed by atoms with Crippen LogP contribution in [-0.2, 0) is 4.79 Å². The average molecular weight is 295 g/mol. The predicted molar refractivity (Wildman–Crippen MR) is 72.3 cm³/mol. The van der Waals surface area contributed by atoms with E-state index in [4.69, 9.17) is 5.26 Å². The molecular formula is C13H15BrN2O. The Morgan fingerprint density at radius 2 is 1.94 bits per heavy atom. The number of anilines is 1. The summed E-state index contributed by atoms with van der Waals surface area (Å²) in [5.41, 5.74) is 3.09. The lowest BCUT2D eigenvalue weighted by Crippen LogP contribution is -2.32. The van der Waals surface area contributed by atoms with Crippen LogP contribution in [0.1, 0.15) is 17.5 Å². The molecule has 1 amide bonds. The Morgan fingerprint density at radius 3 is 2.41 bits per heavy atom. The van der Waals surface area contributed by atoms with Crippen molar-refractivity contribution in [3.63, 3.8) is 0 Å². The highest BCUT2D eigenvalue weighted by Crippen LogP contribution is 2.19. The summed E-state index contributed by atoms with van der Waals surface area (Å²) in [5, 5.41) is 8.90. The minimum Gasteiger partial charge on any atom is -0.311 e. The average Bonchev–Trinajstić information content (AvgIpc) is 2.28. The van der Waals surface area contributed by atoms with E-state index >= 15 is 0 Å². The number of amides is 1. The summed E-state index contributed by atoms with van der Waals surface area (Å²) < 4.78 is 0. The Bertz CT molecular complexity index is 431. The van der Waals surface area contributed by atoms with Crippen molar-refractivity contribution in [1.82, 2.24) is 0 Å². The maximum absolute atomic E-state index is 11.8. The second-order valence-corrected chi connectivity index (χ2v) is 4.49. The third-order valence-corrected chi connectivity index (χ3v) is 2.86. The number of carbonyl (C=O) groups is 1. The van der Waals surface area contributed by atoms with Gasteiger partial charge in [-0.05, 0) is 37.1 Å². The molecule has 1 rings (SSSR count). The third kappa shape index (κ3) is 3.86. The lowest BCUT2D eigenvalue weighted by atomic mass is 10.1. The molecule has 4 heteroatoms. The summed E-state index contributed by atoms with van der Waals surface area (Å²) >= 11 is 3.17. The molecule has 0 aliphatic rings. The van der Waals surface area contributed by atoms with E-state index in [1.165, 1.54) is 0 Å². The maximum atomic E-state index is 11.8. The summed E-state index contributed by atoms with van der Waals surface area (Å²) in [7, 11) is 0. The minimum absolute atomic E-state index is 0.0229. The van der Waals surface area contributed by atoms with Gasteiger partial charge in [0.25, 0.3) is 0 Å². The van der Waals surface area contributed by atoms with Gasteiger partial charge in [0.1, 0.15) is 0 Å². The van der Waals surface area contributed by atoms with E-state index in [1.807, 2.05) is 26.0 Å². The van der Waals surface area contributed by atoms with Gasteiger partial charge in [-0.25, -0.2) is 0 Å². The van der Waals surface area contributed by atoms with Crippen molar-refractivity contribution in [2.24, 2.45) is 0 Å². The van der Waals surface area contributed by atoms with Crippen molar-refractivity contribution in [2.45, 2.75) is 20.3 Å². The topological polar surface area (TPSA) is 44.1 Å². The van der Waals surface area contributed by atoms with Gasteiger partial charge in [0, 0.05) is 12.2 Å². The molecule has 0 N–H and O–H groups in total. The molecule has 0 fully saturated rings. The molecule has 0 saturated carbocycles. The normalized spacial score (nSPS) is 9.76.